The first-order valence-electron chi connectivity index (χ1n) is 4.48. The third-order valence-electron chi connectivity index (χ3n) is 1.85. The molecule has 0 fully saturated rings. The monoisotopic (exact) mass is 199 g/mol. The smallest absolute Gasteiger partial charge is 0.185 e. The molecule has 0 saturated heterocycles. The second-order valence-electron chi connectivity index (χ2n) is 3.46. The van der Waals surface area contributed by atoms with Crippen LogP contribution >= 0.6 is 11.3 Å². The maximum Gasteiger partial charge on any atom is 0.185 e. The molecule has 13 heavy (non-hydrogen) atoms. The zero-order chi connectivity index (χ0) is 9.84. The Morgan fingerprint density at radius 1 is 1.69 bits per heavy atom. The average Bonchev–Trinajstić information content (AvgIpc) is 2.47. The van der Waals surface area contributed by atoms with Crippen LogP contribution < -0.4 is 10.6 Å². The third-order valence-corrected chi connectivity index (χ3v) is 2.93. The van der Waals surface area contributed by atoms with Crippen LogP contribution in [0.5, 0.6) is 0 Å². The highest BCUT2D eigenvalue weighted by Gasteiger charge is 2.05. The lowest BCUT2D eigenvalue weighted by atomic mass is 10.2. The summed E-state index contributed by atoms with van der Waals surface area (Å²) in [6, 6.07) is 0.267. The summed E-state index contributed by atoms with van der Waals surface area (Å²) in [4.78, 5) is 6.55. The second-order valence-corrected chi connectivity index (χ2v) is 4.30. The molecule has 1 unspecified atom stereocenters. The van der Waals surface area contributed by atoms with Crippen molar-refractivity contribution >= 4 is 16.5 Å². The lowest BCUT2D eigenvalue weighted by molar-refractivity contribution is 0.658. The van der Waals surface area contributed by atoms with E-state index in [0.717, 1.165) is 23.8 Å². The van der Waals surface area contributed by atoms with E-state index in [1.165, 1.54) is 0 Å². The number of thiazole rings is 1. The first kappa shape index (κ1) is 10.5. The van der Waals surface area contributed by atoms with Gasteiger partial charge in [-0.05, 0) is 20.3 Å². The zero-order valence-electron chi connectivity index (χ0n) is 8.45. The van der Waals surface area contributed by atoms with Crippen LogP contribution in [-0.4, -0.2) is 24.6 Å². The molecule has 74 valence electrons. The van der Waals surface area contributed by atoms with Gasteiger partial charge in [-0.25, -0.2) is 4.98 Å². The number of anilines is 1. The van der Waals surface area contributed by atoms with Crippen LogP contribution in [0.2, 0.25) is 0 Å². The quantitative estimate of drug-likeness (QED) is 0.801. The van der Waals surface area contributed by atoms with Crippen molar-refractivity contribution in [3.63, 3.8) is 0 Å². The summed E-state index contributed by atoms with van der Waals surface area (Å²) in [5.74, 6) is 0. The van der Waals surface area contributed by atoms with Gasteiger partial charge in [-0.1, -0.05) is 0 Å². The van der Waals surface area contributed by atoms with E-state index < -0.39 is 0 Å². The van der Waals surface area contributed by atoms with Crippen molar-refractivity contribution in [3.05, 3.63) is 11.1 Å². The van der Waals surface area contributed by atoms with Crippen LogP contribution in [0.4, 0.5) is 5.13 Å². The van der Waals surface area contributed by atoms with Crippen molar-refractivity contribution in [1.29, 1.82) is 0 Å². The summed E-state index contributed by atoms with van der Waals surface area (Å²) in [5.41, 5.74) is 6.77. The minimum absolute atomic E-state index is 0.267. The fourth-order valence-electron chi connectivity index (χ4n) is 1.01. The minimum atomic E-state index is 0.267. The van der Waals surface area contributed by atoms with Gasteiger partial charge in [-0.15, -0.1) is 11.3 Å². The van der Waals surface area contributed by atoms with Gasteiger partial charge in [0.2, 0.25) is 0 Å². The van der Waals surface area contributed by atoms with Crippen molar-refractivity contribution in [2.75, 3.05) is 18.5 Å². The summed E-state index contributed by atoms with van der Waals surface area (Å²) in [5, 5.41) is 3.15. The third kappa shape index (κ3) is 3.32. The molecule has 0 amide bonds. The highest BCUT2D eigenvalue weighted by atomic mass is 32.1. The van der Waals surface area contributed by atoms with Crippen molar-refractivity contribution < 1.29 is 0 Å². The molecule has 1 rings (SSSR count). The molecule has 0 aliphatic carbocycles. The van der Waals surface area contributed by atoms with Crippen LogP contribution in [0, 0.1) is 6.92 Å². The van der Waals surface area contributed by atoms with Gasteiger partial charge in [-0.3, -0.25) is 0 Å². The van der Waals surface area contributed by atoms with E-state index >= 15 is 0 Å². The van der Waals surface area contributed by atoms with Crippen LogP contribution in [0.25, 0.3) is 0 Å². The fraction of sp³-hybridized carbons (Fsp3) is 0.667. The molecular formula is C9H17N3S. The zero-order valence-corrected chi connectivity index (χ0v) is 9.27. The first-order valence-corrected chi connectivity index (χ1v) is 5.36. The normalized spacial score (nSPS) is 12.9. The Morgan fingerprint density at radius 2 is 2.38 bits per heavy atom. The van der Waals surface area contributed by atoms with E-state index in [-0.39, 0.29) is 6.04 Å². The standard InChI is InChI=1S/C9H17N3S/c1-7(10)4-5-12(3)9-11-8(2)6-13-9/h6-7H,4-5,10H2,1-3H3. The van der Waals surface area contributed by atoms with Crippen molar-refractivity contribution in [2.45, 2.75) is 26.3 Å². The van der Waals surface area contributed by atoms with Crippen molar-refractivity contribution in [2.24, 2.45) is 5.73 Å². The predicted molar refractivity (Wildman–Crippen MR) is 58.4 cm³/mol. The Bertz CT molecular complexity index is 257. The minimum Gasteiger partial charge on any atom is -0.351 e. The van der Waals surface area contributed by atoms with Crippen molar-refractivity contribution in [3.8, 4) is 0 Å². The average molecular weight is 199 g/mol. The van der Waals surface area contributed by atoms with E-state index in [9.17, 15) is 0 Å². The number of hydrogen-bond acceptors (Lipinski definition) is 4. The second kappa shape index (κ2) is 4.58. The summed E-state index contributed by atoms with van der Waals surface area (Å²) in [6.07, 6.45) is 1.01. The van der Waals surface area contributed by atoms with Gasteiger partial charge in [0.05, 0.1) is 5.69 Å². The Hall–Kier alpha value is -0.610. The van der Waals surface area contributed by atoms with Gasteiger partial charge in [0.15, 0.2) is 5.13 Å². The van der Waals surface area contributed by atoms with Crippen LogP contribution in [0.15, 0.2) is 5.38 Å². The molecular weight excluding hydrogens is 182 g/mol. The van der Waals surface area contributed by atoms with E-state index in [2.05, 4.69) is 22.3 Å². The predicted octanol–water partition coefficient (Wildman–Crippen LogP) is 1.63. The number of rotatable bonds is 4. The van der Waals surface area contributed by atoms with Gasteiger partial charge in [0.25, 0.3) is 0 Å². The molecule has 3 nitrogen and oxygen atoms in total. The molecule has 0 aliphatic rings. The Morgan fingerprint density at radius 3 is 2.85 bits per heavy atom. The van der Waals surface area contributed by atoms with E-state index in [0.29, 0.717) is 0 Å². The van der Waals surface area contributed by atoms with Gasteiger partial charge in [0, 0.05) is 25.0 Å². The highest BCUT2D eigenvalue weighted by molar-refractivity contribution is 7.13. The van der Waals surface area contributed by atoms with E-state index in [1.54, 1.807) is 11.3 Å². The molecule has 2 N–H and O–H groups in total. The number of aryl methyl sites for hydroxylation is 1. The van der Waals surface area contributed by atoms with E-state index in [4.69, 9.17) is 5.73 Å². The van der Waals surface area contributed by atoms with Crippen LogP contribution in [-0.2, 0) is 0 Å². The molecule has 1 atom stereocenters. The maximum absolute atomic E-state index is 5.68. The molecule has 0 spiro atoms. The molecule has 0 saturated carbocycles. The van der Waals surface area contributed by atoms with E-state index in [1.807, 2.05) is 13.8 Å². The Balaban J connectivity index is 2.44. The molecule has 1 heterocycles. The van der Waals surface area contributed by atoms with Crippen LogP contribution in [0.3, 0.4) is 0 Å². The molecule has 1 aromatic heterocycles. The first-order chi connectivity index (χ1) is 6.09. The summed E-state index contributed by atoms with van der Waals surface area (Å²) in [6.45, 7) is 5.02. The van der Waals surface area contributed by atoms with Crippen LogP contribution in [0.1, 0.15) is 19.0 Å². The van der Waals surface area contributed by atoms with Gasteiger partial charge >= 0.3 is 0 Å². The Kier molecular flexibility index (Phi) is 3.69. The number of hydrogen-bond donors (Lipinski definition) is 1. The van der Waals surface area contributed by atoms with Gasteiger partial charge < -0.3 is 10.6 Å². The summed E-state index contributed by atoms with van der Waals surface area (Å²) < 4.78 is 0. The molecule has 0 aliphatic heterocycles. The molecule has 0 radical (unpaired) electrons. The van der Waals surface area contributed by atoms with Crippen molar-refractivity contribution in [1.82, 2.24) is 4.98 Å². The summed E-state index contributed by atoms with van der Waals surface area (Å²) >= 11 is 1.68. The SMILES string of the molecule is Cc1csc(N(C)CCC(C)N)n1. The molecule has 0 bridgehead atoms. The highest BCUT2D eigenvalue weighted by Crippen LogP contribution is 2.18. The number of nitrogens with two attached hydrogens (primary N) is 1. The Labute approximate surface area is 83.6 Å². The largest absolute Gasteiger partial charge is 0.351 e. The number of nitrogens with zero attached hydrogens (tertiary/aromatic N) is 2. The van der Waals surface area contributed by atoms with Gasteiger partial charge in [-0.2, -0.15) is 0 Å². The fourth-order valence-corrected chi connectivity index (χ4v) is 1.81. The lowest BCUT2D eigenvalue weighted by Crippen LogP contribution is -2.25. The lowest BCUT2D eigenvalue weighted by Gasteiger charge is -2.16. The maximum atomic E-state index is 5.68. The summed E-state index contributed by atoms with van der Waals surface area (Å²) in [7, 11) is 2.06. The molecule has 4 heteroatoms. The molecule has 0 aromatic carbocycles. The van der Waals surface area contributed by atoms with Gasteiger partial charge in [0.1, 0.15) is 0 Å². The topological polar surface area (TPSA) is 42.1 Å². The molecule has 1 aromatic rings. The number of aromatic nitrogens is 1.